The first-order valence-electron chi connectivity index (χ1n) is 8.33. The lowest BCUT2D eigenvalue weighted by Crippen LogP contribution is -2.12. The summed E-state index contributed by atoms with van der Waals surface area (Å²) < 4.78 is 5.13. The van der Waals surface area contributed by atoms with Crippen LogP contribution in [0.2, 0.25) is 0 Å². The van der Waals surface area contributed by atoms with Crippen molar-refractivity contribution < 1.29 is 9.32 Å². The van der Waals surface area contributed by atoms with Gasteiger partial charge in [0.1, 0.15) is 0 Å². The molecule has 0 aliphatic heterocycles. The Morgan fingerprint density at radius 1 is 1.24 bits per heavy atom. The lowest BCUT2D eigenvalue weighted by molar-refractivity contribution is -0.116. The van der Waals surface area contributed by atoms with Crippen LogP contribution in [0.25, 0.3) is 0 Å². The fourth-order valence-corrected chi connectivity index (χ4v) is 3.23. The van der Waals surface area contributed by atoms with Crippen LogP contribution in [0.4, 0.5) is 5.13 Å². The van der Waals surface area contributed by atoms with Crippen LogP contribution in [0.15, 0.2) is 41.1 Å². The molecule has 2 aromatic heterocycles. The van der Waals surface area contributed by atoms with E-state index in [0.717, 1.165) is 24.1 Å². The number of carbonyl (C=O) groups excluding carboxylic acids is 1. The molecule has 0 aliphatic rings. The van der Waals surface area contributed by atoms with Crippen molar-refractivity contribution in [3.8, 4) is 0 Å². The molecular weight excluding hydrogens is 336 g/mol. The molecular formula is C18H20N4O2S. The third-order valence-electron chi connectivity index (χ3n) is 3.57. The quantitative estimate of drug-likeness (QED) is 0.666. The van der Waals surface area contributed by atoms with E-state index >= 15 is 0 Å². The van der Waals surface area contributed by atoms with E-state index in [1.54, 1.807) is 0 Å². The molecule has 1 aromatic carbocycles. The number of thiazole rings is 1. The molecule has 3 aromatic rings. The second-order valence-corrected chi connectivity index (χ2v) is 6.81. The maximum atomic E-state index is 12.1. The zero-order chi connectivity index (χ0) is 17.5. The Bertz CT molecular complexity index is 813. The van der Waals surface area contributed by atoms with Crippen LogP contribution >= 0.6 is 11.3 Å². The minimum Gasteiger partial charge on any atom is -0.339 e. The Kier molecular flexibility index (Phi) is 5.90. The molecule has 130 valence electrons. The maximum absolute atomic E-state index is 12.1. The van der Waals surface area contributed by atoms with Gasteiger partial charge in [-0.05, 0) is 12.0 Å². The molecule has 0 spiro atoms. The summed E-state index contributed by atoms with van der Waals surface area (Å²) in [5.74, 6) is 1.10. The largest absolute Gasteiger partial charge is 0.339 e. The summed E-state index contributed by atoms with van der Waals surface area (Å²) in [7, 11) is 0. The van der Waals surface area contributed by atoms with Crippen molar-refractivity contribution in [2.24, 2.45) is 0 Å². The lowest BCUT2D eigenvalue weighted by Gasteiger charge is -1.99. The monoisotopic (exact) mass is 356 g/mol. The second kappa shape index (κ2) is 8.53. The SMILES string of the molecule is CCCc1noc(CCC(=O)Nc2ncc(Cc3ccccc3)s2)n1. The topological polar surface area (TPSA) is 80.9 Å². The summed E-state index contributed by atoms with van der Waals surface area (Å²) in [5.41, 5.74) is 1.23. The Balaban J connectivity index is 1.47. The average Bonchev–Trinajstić information content (AvgIpc) is 3.24. The van der Waals surface area contributed by atoms with E-state index in [4.69, 9.17) is 4.52 Å². The highest BCUT2D eigenvalue weighted by Crippen LogP contribution is 2.21. The molecule has 0 radical (unpaired) electrons. The molecule has 0 fully saturated rings. The van der Waals surface area contributed by atoms with Crippen molar-refractivity contribution >= 4 is 22.4 Å². The van der Waals surface area contributed by atoms with Crippen molar-refractivity contribution in [1.29, 1.82) is 0 Å². The molecule has 0 unspecified atom stereocenters. The third kappa shape index (κ3) is 5.22. The number of hydrogen-bond donors (Lipinski definition) is 1. The minimum absolute atomic E-state index is 0.101. The van der Waals surface area contributed by atoms with E-state index in [-0.39, 0.29) is 5.91 Å². The number of anilines is 1. The molecule has 2 heterocycles. The summed E-state index contributed by atoms with van der Waals surface area (Å²) >= 11 is 1.49. The number of aromatic nitrogens is 3. The van der Waals surface area contributed by atoms with Gasteiger partial charge in [-0.1, -0.05) is 42.4 Å². The molecule has 0 bridgehead atoms. The maximum Gasteiger partial charge on any atom is 0.227 e. The van der Waals surface area contributed by atoms with E-state index in [2.05, 4.69) is 39.5 Å². The minimum atomic E-state index is -0.101. The van der Waals surface area contributed by atoms with E-state index < -0.39 is 0 Å². The standard InChI is InChI=1S/C18H20N4O2S/c1-2-6-15-20-17(24-22-15)10-9-16(23)21-18-19-12-14(25-18)11-13-7-4-3-5-8-13/h3-5,7-8,12H,2,6,9-11H2,1H3,(H,19,21,23). The number of rotatable bonds is 8. The van der Waals surface area contributed by atoms with Gasteiger partial charge in [-0.2, -0.15) is 4.98 Å². The van der Waals surface area contributed by atoms with E-state index in [9.17, 15) is 4.79 Å². The highest BCUT2D eigenvalue weighted by atomic mass is 32.1. The molecule has 1 N–H and O–H groups in total. The van der Waals surface area contributed by atoms with Crippen LogP contribution in [0, 0.1) is 0 Å². The molecule has 0 saturated heterocycles. The van der Waals surface area contributed by atoms with Crippen molar-refractivity contribution in [3.05, 3.63) is 58.7 Å². The Morgan fingerprint density at radius 2 is 2.08 bits per heavy atom. The van der Waals surface area contributed by atoms with Crippen molar-refractivity contribution in [1.82, 2.24) is 15.1 Å². The molecule has 7 heteroatoms. The fraction of sp³-hybridized carbons (Fsp3) is 0.333. The van der Waals surface area contributed by atoms with Crippen LogP contribution in [-0.4, -0.2) is 21.0 Å². The number of aryl methyl sites for hydroxylation is 2. The van der Waals surface area contributed by atoms with Gasteiger partial charge >= 0.3 is 0 Å². The first kappa shape index (κ1) is 17.3. The zero-order valence-corrected chi connectivity index (χ0v) is 14.9. The van der Waals surface area contributed by atoms with Crippen LogP contribution in [0.5, 0.6) is 0 Å². The van der Waals surface area contributed by atoms with Crippen LogP contribution in [0.1, 0.15) is 41.9 Å². The van der Waals surface area contributed by atoms with Gasteiger partial charge in [-0.25, -0.2) is 4.98 Å². The number of nitrogens with zero attached hydrogens (tertiary/aromatic N) is 3. The van der Waals surface area contributed by atoms with Crippen molar-refractivity contribution in [2.75, 3.05) is 5.32 Å². The van der Waals surface area contributed by atoms with Crippen molar-refractivity contribution in [2.45, 2.75) is 39.0 Å². The van der Waals surface area contributed by atoms with Gasteiger partial charge in [0.2, 0.25) is 11.8 Å². The van der Waals surface area contributed by atoms with E-state index in [1.165, 1.54) is 16.9 Å². The van der Waals surface area contributed by atoms with Gasteiger partial charge in [-0.15, -0.1) is 11.3 Å². The number of hydrogen-bond acceptors (Lipinski definition) is 6. The molecule has 6 nitrogen and oxygen atoms in total. The van der Waals surface area contributed by atoms with E-state index in [1.807, 2.05) is 24.4 Å². The van der Waals surface area contributed by atoms with Gasteiger partial charge in [0.05, 0.1) is 0 Å². The van der Waals surface area contributed by atoms with Crippen molar-refractivity contribution in [3.63, 3.8) is 0 Å². The smallest absolute Gasteiger partial charge is 0.227 e. The Labute approximate surface area is 150 Å². The summed E-state index contributed by atoms with van der Waals surface area (Å²) in [6, 6.07) is 10.2. The molecule has 0 aliphatic carbocycles. The third-order valence-corrected chi connectivity index (χ3v) is 4.48. The number of nitrogens with one attached hydrogen (secondary N) is 1. The van der Waals surface area contributed by atoms with Gasteiger partial charge in [0.15, 0.2) is 11.0 Å². The molecule has 3 rings (SSSR count). The fourth-order valence-electron chi connectivity index (χ4n) is 2.36. The Morgan fingerprint density at radius 3 is 2.88 bits per heavy atom. The van der Waals surface area contributed by atoms with Gasteiger partial charge < -0.3 is 9.84 Å². The molecule has 25 heavy (non-hydrogen) atoms. The molecule has 0 saturated carbocycles. The summed E-state index contributed by atoms with van der Waals surface area (Å²) in [4.78, 5) is 21.7. The first-order chi connectivity index (χ1) is 12.2. The number of amides is 1. The highest BCUT2D eigenvalue weighted by Gasteiger charge is 2.11. The molecule has 1 amide bonds. The summed E-state index contributed by atoms with van der Waals surface area (Å²) in [6.07, 6.45) is 5.11. The van der Waals surface area contributed by atoms with Crippen LogP contribution < -0.4 is 5.32 Å². The normalized spacial score (nSPS) is 10.8. The van der Waals surface area contributed by atoms with Gasteiger partial charge in [-0.3, -0.25) is 4.79 Å². The Hall–Kier alpha value is -2.54. The van der Waals surface area contributed by atoms with E-state index in [0.29, 0.717) is 29.7 Å². The second-order valence-electron chi connectivity index (χ2n) is 5.70. The van der Waals surface area contributed by atoms with Crippen LogP contribution in [-0.2, 0) is 24.1 Å². The predicted octanol–water partition coefficient (Wildman–Crippen LogP) is 3.64. The van der Waals surface area contributed by atoms with Gasteiger partial charge in [0, 0.05) is 36.8 Å². The lowest BCUT2D eigenvalue weighted by atomic mass is 10.1. The number of benzene rings is 1. The predicted molar refractivity (Wildman–Crippen MR) is 96.6 cm³/mol. The van der Waals surface area contributed by atoms with Crippen LogP contribution in [0.3, 0.4) is 0 Å². The number of carbonyl (C=O) groups is 1. The summed E-state index contributed by atoms with van der Waals surface area (Å²) in [5, 5.41) is 7.33. The first-order valence-corrected chi connectivity index (χ1v) is 9.14. The average molecular weight is 356 g/mol. The summed E-state index contributed by atoms with van der Waals surface area (Å²) in [6.45, 7) is 2.06. The zero-order valence-electron chi connectivity index (χ0n) is 14.1. The van der Waals surface area contributed by atoms with Gasteiger partial charge in [0.25, 0.3) is 0 Å². The highest BCUT2D eigenvalue weighted by molar-refractivity contribution is 7.15. The molecule has 0 atom stereocenters.